The van der Waals surface area contributed by atoms with Gasteiger partial charge >= 0.3 is 5.97 Å². The molecular weight excluding hydrogens is 478 g/mol. The van der Waals surface area contributed by atoms with Crippen LogP contribution < -0.4 is 14.2 Å². The molecule has 0 aromatic heterocycles. The Morgan fingerprint density at radius 1 is 1.15 bits per heavy atom. The van der Waals surface area contributed by atoms with Gasteiger partial charge in [0.25, 0.3) is 0 Å². The SMILES string of the molecule is COc1cc(OC)c2c(c1)C1(C=C2C(C)C(=O)O)CCC(NS(=O)(=O)c2ccc(Cl)cc2)CC1. The summed E-state index contributed by atoms with van der Waals surface area (Å²) in [6.07, 6.45) is 4.61. The Labute approximate surface area is 204 Å². The third kappa shape index (κ3) is 4.42. The summed E-state index contributed by atoms with van der Waals surface area (Å²) in [5, 5.41) is 10.2. The van der Waals surface area contributed by atoms with Crippen LogP contribution in [0.5, 0.6) is 11.5 Å². The van der Waals surface area contributed by atoms with Crippen molar-refractivity contribution < 1.29 is 27.8 Å². The molecule has 2 aliphatic carbocycles. The summed E-state index contributed by atoms with van der Waals surface area (Å²) < 4.78 is 39.6. The van der Waals surface area contributed by atoms with E-state index in [2.05, 4.69) is 10.8 Å². The highest BCUT2D eigenvalue weighted by Gasteiger charge is 2.45. The van der Waals surface area contributed by atoms with Gasteiger partial charge in [-0.3, -0.25) is 4.79 Å². The van der Waals surface area contributed by atoms with Crippen LogP contribution in [-0.2, 0) is 20.2 Å². The molecular formula is C25H28ClNO6S. The monoisotopic (exact) mass is 505 g/mol. The number of carbonyl (C=O) groups is 1. The number of ether oxygens (including phenoxy) is 2. The smallest absolute Gasteiger partial charge is 0.310 e. The summed E-state index contributed by atoms with van der Waals surface area (Å²) in [5.41, 5.74) is 2.10. The number of sulfonamides is 1. The van der Waals surface area contributed by atoms with Crippen molar-refractivity contribution >= 4 is 33.2 Å². The Balaban J connectivity index is 1.63. The van der Waals surface area contributed by atoms with Gasteiger partial charge in [0.1, 0.15) is 11.5 Å². The highest BCUT2D eigenvalue weighted by Crippen LogP contribution is 2.54. The molecule has 0 radical (unpaired) electrons. The number of halogens is 1. The molecule has 9 heteroatoms. The van der Waals surface area contributed by atoms with Crippen molar-refractivity contribution in [3.05, 3.63) is 58.6 Å². The number of rotatable bonds is 7. The number of nitrogens with one attached hydrogen (secondary N) is 1. The molecule has 0 heterocycles. The third-order valence-corrected chi connectivity index (χ3v) is 8.74. The number of carboxylic acids is 1. The predicted octanol–water partition coefficient (Wildman–Crippen LogP) is 4.63. The second kappa shape index (κ2) is 9.24. The summed E-state index contributed by atoms with van der Waals surface area (Å²) in [5.74, 6) is -0.396. The van der Waals surface area contributed by atoms with Crippen LogP contribution in [0.2, 0.25) is 5.02 Å². The van der Waals surface area contributed by atoms with Gasteiger partial charge in [-0.25, -0.2) is 13.1 Å². The van der Waals surface area contributed by atoms with Crippen molar-refractivity contribution in [3.8, 4) is 11.5 Å². The third-order valence-electron chi connectivity index (χ3n) is 6.95. The van der Waals surface area contributed by atoms with Crippen molar-refractivity contribution in [2.75, 3.05) is 14.2 Å². The standard InChI is InChI=1S/C25H28ClNO6S/c1-15(24(28)29)20-14-25(21-12-18(32-2)13-22(33-3)23(20)21)10-8-17(9-11-25)27-34(30,31)19-6-4-16(26)5-7-19/h4-7,12-15,17,27H,8-11H2,1-3H3,(H,28,29). The molecule has 0 saturated heterocycles. The second-order valence-electron chi connectivity index (χ2n) is 8.92. The zero-order valence-electron chi connectivity index (χ0n) is 19.3. The van der Waals surface area contributed by atoms with Gasteiger partial charge in [-0.1, -0.05) is 17.7 Å². The molecule has 2 aromatic carbocycles. The molecule has 1 saturated carbocycles. The van der Waals surface area contributed by atoms with Crippen LogP contribution >= 0.6 is 11.6 Å². The van der Waals surface area contributed by atoms with Gasteiger partial charge in [0, 0.05) is 28.1 Å². The van der Waals surface area contributed by atoms with Gasteiger partial charge < -0.3 is 14.6 Å². The van der Waals surface area contributed by atoms with Crippen LogP contribution in [0.4, 0.5) is 0 Å². The Morgan fingerprint density at radius 2 is 1.79 bits per heavy atom. The number of benzene rings is 2. The molecule has 1 spiro atoms. The number of methoxy groups -OCH3 is 2. The fraction of sp³-hybridized carbons (Fsp3) is 0.400. The van der Waals surface area contributed by atoms with Crippen LogP contribution in [-0.4, -0.2) is 39.8 Å². The van der Waals surface area contributed by atoms with E-state index in [9.17, 15) is 18.3 Å². The van der Waals surface area contributed by atoms with Crippen molar-refractivity contribution in [2.24, 2.45) is 5.92 Å². The van der Waals surface area contributed by atoms with Gasteiger partial charge in [-0.05, 0) is 74.1 Å². The van der Waals surface area contributed by atoms with Crippen molar-refractivity contribution in [3.63, 3.8) is 0 Å². The van der Waals surface area contributed by atoms with Gasteiger partial charge in [0.2, 0.25) is 10.0 Å². The van der Waals surface area contributed by atoms with E-state index in [0.29, 0.717) is 42.2 Å². The molecule has 2 aliphatic rings. The summed E-state index contributed by atoms with van der Waals surface area (Å²) in [4.78, 5) is 12.0. The fourth-order valence-corrected chi connectivity index (χ4v) is 6.48. The van der Waals surface area contributed by atoms with Crippen LogP contribution in [0.25, 0.3) is 5.57 Å². The molecule has 1 fully saturated rings. The van der Waals surface area contributed by atoms with Gasteiger partial charge in [-0.2, -0.15) is 0 Å². The lowest BCUT2D eigenvalue weighted by Crippen LogP contribution is -2.41. The first kappa shape index (κ1) is 24.6. The lowest BCUT2D eigenvalue weighted by molar-refractivity contribution is -0.139. The van der Waals surface area contributed by atoms with Gasteiger partial charge in [-0.15, -0.1) is 0 Å². The van der Waals surface area contributed by atoms with E-state index in [4.69, 9.17) is 21.1 Å². The Bertz CT molecular complexity index is 1230. The first-order valence-electron chi connectivity index (χ1n) is 11.1. The van der Waals surface area contributed by atoms with E-state index in [1.54, 1.807) is 39.3 Å². The first-order valence-corrected chi connectivity index (χ1v) is 13.0. The summed E-state index contributed by atoms with van der Waals surface area (Å²) in [6.45, 7) is 1.67. The zero-order chi connectivity index (χ0) is 24.7. The maximum Gasteiger partial charge on any atom is 0.310 e. The Hall–Kier alpha value is -2.55. The zero-order valence-corrected chi connectivity index (χ0v) is 20.9. The average Bonchev–Trinajstić information content (AvgIpc) is 3.13. The Kier molecular flexibility index (Phi) is 6.68. The van der Waals surface area contributed by atoms with Crippen molar-refractivity contribution in [1.82, 2.24) is 4.72 Å². The van der Waals surface area contributed by atoms with Crippen molar-refractivity contribution in [1.29, 1.82) is 0 Å². The lowest BCUT2D eigenvalue weighted by atomic mass is 9.69. The fourth-order valence-electron chi connectivity index (χ4n) is 5.05. The minimum atomic E-state index is -3.67. The Morgan fingerprint density at radius 3 is 2.35 bits per heavy atom. The molecule has 2 aromatic rings. The van der Waals surface area contributed by atoms with E-state index in [1.165, 1.54) is 12.1 Å². The van der Waals surface area contributed by atoms with Crippen LogP contribution in [0.3, 0.4) is 0 Å². The molecule has 0 amide bonds. The molecule has 1 atom stereocenters. The van der Waals surface area contributed by atoms with Crippen LogP contribution in [0.15, 0.2) is 47.4 Å². The molecule has 4 rings (SSSR count). The number of carboxylic acid groups (broad SMARTS) is 1. The number of allylic oxidation sites excluding steroid dienone is 1. The highest BCUT2D eigenvalue weighted by atomic mass is 35.5. The predicted molar refractivity (Wildman–Crippen MR) is 130 cm³/mol. The summed E-state index contributed by atoms with van der Waals surface area (Å²) in [6, 6.07) is 9.58. The molecule has 0 aliphatic heterocycles. The largest absolute Gasteiger partial charge is 0.497 e. The maximum atomic E-state index is 12.8. The van der Waals surface area contributed by atoms with E-state index in [1.807, 2.05) is 6.07 Å². The molecule has 34 heavy (non-hydrogen) atoms. The van der Waals surface area contributed by atoms with E-state index < -0.39 is 27.3 Å². The summed E-state index contributed by atoms with van der Waals surface area (Å²) >= 11 is 5.89. The molecule has 1 unspecified atom stereocenters. The minimum absolute atomic E-state index is 0.176. The first-order chi connectivity index (χ1) is 16.1. The molecule has 0 bridgehead atoms. The quantitative estimate of drug-likeness (QED) is 0.568. The number of aliphatic carboxylic acids is 1. The normalized spacial score (nSPS) is 22.7. The van der Waals surface area contributed by atoms with Crippen LogP contribution in [0.1, 0.15) is 43.7 Å². The van der Waals surface area contributed by atoms with E-state index in [-0.39, 0.29) is 10.9 Å². The van der Waals surface area contributed by atoms with Crippen molar-refractivity contribution in [2.45, 2.75) is 49.0 Å². The second-order valence-corrected chi connectivity index (χ2v) is 11.1. The molecule has 2 N–H and O–H groups in total. The molecule has 7 nitrogen and oxygen atoms in total. The van der Waals surface area contributed by atoms with E-state index in [0.717, 1.165) is 16.7 Å². The lowest BCUT2D eigenvalue weighted by Gasteiger charge is -2.37. The number of hydrogen-bond donors (Lipinski definition) is 2. The van der Waals surface area contributed by atoms with Crippen LogP contribution in [0, 0.1) is 5.92 Å². The number of hydrogen-bond acceptors (Lipinski definition) is 5. The number of fused-ring (bicyclic) bond motifs is 2. The maximum absolute atomic E-state index is 12.8. The van der Waals surface area contributed by atoms with Gasteiger partial charge in [0.05, 0.1) is 25.0 Å². The molecule has 182 valence electrons. The van der Waals surface area contributed by atoms with Gasteiger partial charge in [0.15, 0.2) is 0 Å². The average molecular weight is 506 g/mol. The van der Waals surface area contributed by atoms with E-state index >= 15 is 0 Å². The topological polar surface area (TPSA) is 102 Å². The minimum Gasteiger partial charge on any atom is -0.497 e. The summed E-state index contributed by atoms with van der Waals surface area (Å²) in [7, 11) is -0.527. The highest BCUT2D eigenvalue weighted by molar-refractivity contribution is 7.89.